The van der Waals surface area contributed by atoms with E-state index in [4.69, 9.17) is 15.6 Å². The van der Waals surface area contributed by atoms with Crippen molar-refractivity contribution in [3.8, 4) is 11.5 Å². The maximum atomic E-state index is 9.04. The van der Waals surface area contributed by atoms with Crippen molar-refractivity contribution in [1.82, 2.24) is 4.98 Å². The molecule has 4 heteroatoms. The average Bonchev–Trinajstić information content (AvgIpc) is 2.39. The van der Waals surface area contributed by atoms with Crippen molar-refractivity contribution in [2.75, 3.05) is 0 Å². The SMILES string of the molecule is C[C@@H](N)c1ccc(Oc2cccc(CO)c2)cn1. The smallest absolute Gasteiger partial charge is 0.145 e. The van der Waals surface area contributed by atoms with Gasteiger partial charge in [0.1, 0.15) is 11.5 Å². The minimum absolute atomic E-state index is 0.000917. The van der Waals surface area contributed by atoms with Crippen LogP contribution in [0.5, 0.6) is 11.5 Å². The second-order valence-electron chi connectivity index (χ2n) is 4.12. The Balaban J connectivity index is 2.13. The first kappa shape index (κ1) is 12.5. The normalized spacial score (nSPS) is 12.2. The number of nitrogens with zero attached hydrogens (tertiary/aromatic N) is 1. The lowest BCUT2D eigenvalue weighted by Crippen LogP contribution is -2.06. The molecule has 0 unspecified atom stereocenters. The summed E-state index contributed by atoms with van der Waals surface area (Å²) in [5.41, 5.74) is 7.36. The molecule has 0 saturated carbocycles. The fraction of sp³-hybridized carbons (Fsp3) is 0.214. The number of aliphatic hydroxyl groups excluding tert-OH is 1. The van der Waals surface area contributed by atoms with Crippen LogP contribution in [0.2, 0.25) is 0 Å². The van der Waals surface area contributed by atoms with Crippen molar-refractivity contribution < 1.29 is 9.84 Å². The van der Waals surface area contributed by atoms with Crippen LogP contribution in [0.25, 0.3) is 0 Å². The Hall–Kier alpha value is -1.91. The van der Waals surface area contributed by atoms with E-state index >= 15 is 0 Å². The Kier molecular flexibility index (Phi) is 3.92. The quantitative estimate of drug-likeness (QED) is 0.866. The van der Waals surface area contributed by atoms with E-state index in [9.17, 15) is 0 Å². The second kappa shape index (κ2) is 5.62. The topological polar surface area (TPSA) is 68.4 Å². The van der Waals surface area contributed by atoms with Gasteiger partial charge in [0.2, 0.25) is 0 Å². The van der Waals surface area contributed by atoms with E-state index in [1.54, 1.807) is 12.3 Å². The third kappa shape index (κ3) is 3.06. The summed E-state index contributed by atoms with van der Waals surface area (Å²) < 4.78 is 5.64. The van der Waals surface area contributed by atoms with Crippen LogP contribution in [0.1, 0.15) is 24.2 Å². The van der Waals surface area contributed by atoms with Crippen LogP contribution in [0, 0.1) is 0 Å². The maximum absolute atomic E-state index is 9.04. The van der Waals surface area contributed by atoms with Crippen LogP contribution in [0.4, 0.5) is 0 Å². The molecule has 0 aliphatic heterocycles. The molecule has 0 aliphatic carbocycles. The van der Waals surface area contributed by atoms with Crippen LogP contribution in [-0.4, -0.2) is 10.1 Å². The summed E-state index contributed by atoms with van der Waals surface area (Å²) in [6.45, 7) is 1.88. The summed E-state index contributed by atoms with van der Waals surface area (Å²) in [5.74, 6) is 1.33. The van der Waals surface area contributed by atoms with E-state index in [-0.39, 0.29) is 12.6 Å². The molecule has 0 bridgehead atoms. The number of hydrogen-bond acceptors (Lipinski definition) is 4. The zero-order chi connectivity index (χ0) is 13.0. The number of ether oxygens (including phenoxy) is 1. The molecule has 0 saturated heterocycles. The fourth-order valence-electron chi connectivity index (χ4n) is 1.56. The predicted molar refractivity (Wildman–Crippen MR) is 69.3 cm³/mol. The van der Waals surface area contributed by atoms with Gasteiger partial charge < -0.3 is 15.6 Å². The first-order valence-electron chi connectivity index (χ1n) is 5.78. The van der Waals surface area contributed by atoms with Gasteiger partial charge in [-0.05, 0) is 36.8 Å². The van der Waals surface area contributed by atoms with Crippen molar-refractivity contribution in [3.63, 3.8) is 0 Å². The molecule has 0 aliphatic rings. The van der Waals surface area contributed by atoms with Crippen LogP contribution in [-0.2, 0) is 6.61 Å². The Labute approximate surface area is 106 Å². The van der Waals surface area contributed by atoms with Crippen molar-refractivity contribution >= 4 is 0 Å². The highest BCUT2D eigenvalue weighted by atomic mass is 16.5. The first-order chi connectivity index (χ1) is 8.69. The van der Waals surface area contributed by atoms with E-state index in [1.807, 2.05) is 37.3 Å². The number of pyridine rings is 1. The number of benzene rings is 1. The van der Waals surface area contributed by atoms with Gasteiger partial charge in [0.25, 0.3) is 0 Å². The van der Waals surface area contributed by atoms with Gasteiger partial charge in [-0.25, -0.2) is 0 Å². The summed E-state index contributed by atoms with van der Waals surface area (Å²) in [6, 6.07) is 10.9. The zero-order valence-corrected chi connectivity index (χ0v) is 10.2. The molecule has 1 aromatic heterocycles. The molecule has 3 N–H and O–H groups in total. The molecule has 2 aromatic rings. The van der Waals surface area contributed by atoms with Crippen LogP contribution >= 0.6 is 0 Å². The van der Waals surface area contributed by atoms with Crippen molar-refractivity contribution in [1.29, 1.82) is 0 Å². The van der Waals surface area contributed by atoms with Crippen molar-refractivity contribution in [2.45, 2.75) is 19.6 Å². The molecule has 0 amide bonds. The van der Waals surface area contributed by atoms with Gasteiger partial charge in [-0.15, -0.1) is 0 Å². The molecule has 1 heterocycles. The van der Waals surface area contributed by atoms with Crippen LogP contribution in [0.15, 0.2) is 42.6 Å². The second-order valence-corrected chi connectivity index (χ2v) is 4.12. The number of hydrogen-bond donors (Lipinski definition) is 2. The van der Waals surface area contributed by atoms with Gasteiger partial charge in [0.05, 0.1) is 18.5 Å². The molecule has 1 aromatic carbocycles. The molecule has 94 valence electrons. The molecule has 18 heavy (non-hydrogen) atoms. The predicted octanol–water partition coefficient (Wildman–Crippen LogP) is 2.39. The van der Waals surface area contributed by atoms with Gasteiger partial charge in [0.15, 0.2) is 0 Å². The van der Waals surface area contributed by atoms with Gasteiger partial charge in [0, 0.05) is 6.04 Å². The summed E-state index contributed by atoms with van der Waals surface area (Å²) in [4.78, 5) is 4.22. The standard InChI is InChI=1S/C14H16N2O2/c1-10(15)14-6-5-13(8-16-14)18-12-4-2-3-11(7-12)9-17/h2-8,10,17H,9,15H2,1H3/t10-/m1/s1. The van der Waals surface area contributed by atoms with E-state index in [0.29, 0.717) is 11.5 Å². The van der Waals surface area contributed by atoms with E-state index in [0.717, 1.165) is 11.3 Å². The Morgan fingerprint density at radius 1 is 1.28 bits per heavy atom. The summed E-state index contributed by atoms with van der Waals surface area (Å²) >= 11 is 0. The van der Waals surface area contributed by atoms with E-state index < -0.39 is 0 Å². The van der Waals surface area contributed by atoms with Crippen LogP contribution < -0.4 is 10.5 Å². The highest BCUT2D eigenvalue weighted by molar-refractivity contribution is 5.33. The molecule has 0 radical (unpaired) electrons. The number of aliphatic hydroxyl groups is 1. The maximum Gasteiger partial charge on any atom is 0.145 e. The minimum atomic E-state index is -0.0863. The third-order valence-electron chi connectivity index (χ3n) is 2.54. The Bertz CT molecular complexity index is 509. The van der Waals surface area contributed by atoms with Crippen molar-refractivity contribution in [2.24, 2.45) is 5.73 Å². The summed E-state index contributed by atoms with van der Waals surface area (Å²) in [6.07, 6.45) is 1.64. The lowest BCUT2D eigenvalue weighted by Gasteiger charge is -2.08. The molecule has 4 nitrogen and oxygen atoms in total. The third-order valence-corrected chi connectivity index (χ3v) is 2.54. The molecule has 0 spiro atoms. The number of rotatable bonds is 4. The Morgan fingerprint density at radius 3 is 2.72 bits per heavy atom. The Morgan fingerprint density at radius 2 is 2.11 bits per heavy atom. The lowest BCUT2D eigenvalue weighted by molar-refractivity contribution is 0.281. The monoisotopic (exact) mass is 244 g/mol. The molecule has 0 fully saturated rings. The molecule has 2 rings (SSSR count). The average molecular weight is 244 g/mol. The largest absolute Gasteiger partial charge is 0.456 e. The summed E-state index contributed by atoms with van der Waals surface area (Å²) in [7, 11) is 0. The molecule has 1 atom stereocenters. The number of nitrogens with two attached hydrogens (primary N) is 1. The molecular weight excluding hydrogens is 228 g/mol. The minimum Gasteiger partial charge on any atom is -0.456 e. The van der Waals surface area contributed by atoms with E-state index in [1.165, 1.54) is 0 Å². The molecular formula is C14H16N2O2. The highest BCUT2D eigenvalue weighted by Crippen LogP contribution is 2.22. The first-order valence-corrected chi connectivity index (χ1v) is 5.78. The van der Waals surface area contributed by atoms with Gasteiger partial charge >= 0.3 is 0 Å². The van der Waals surface area contributed by atoms with Crippen LogP contribution in [0.3, 0.4) is 0 Å². The zero-order valence-electron chi connectivity index (χ0n) is 10.2. The highest BCUT2D eigenvalue weighted by Gasteiger charge is 2.02. The lowest BCUT2D eigenvalue weighted by atomic mass is 10.2. The fourth-order valence-corrected chi connectivity index (χ4v) is 1.56. The van der Waals surface area contributed by atoms with Gasteiger partial charge in [-0.1, -0.05) is 12.1 Å². The van der Waals surface area contributed by atoms with Gasteiger partial charge in [-0.3, -0.25) is 4.98 Å². The van der Waals surface area contributed by atoms with Gasteiger partial charge in [-0.2, -0.15) is 0 Å². The summed E-state index contributed by atoms with van der Waals surface area (Å²) in [5, 5.41) is 9.04. The van der Waals surface area contributed by atoms with Crippen molar-refractivity contribution in [3.05, 3.63) is 53.9 Å². The number of aromatic nitrogens is 1. The van der Waals surface area contributed by atoms with E-state index in [2.05, 4.69) is 4.98 Å².